The summed E-state index contributed by atoms with van der Waals surface area (Å²) >= 11 is 0. The maximum atomic E-state index is 4.28. The second-order valence-electron chi connectivity index (χ2n) is 17.4. The van der Waals surface area contributed by atoms with E-state index in [1.807, 2.05) is 72.9 Å². The molecule has 0 radical (unpaired) electrons. The Morgan fingerprint density at radius 1 is 0.480 bits per heavy atom. The fourth-order valence-electron chi connectivity index (χ4n) is 8.45. The molecule has 0 aliphatic carbocycles. The first-order valence-corrected chi connectivity index (χ1v) is 25.2. The first-order valence-electron chi connectivity index (χ1n) is 25.2. The summed E-state index contributed by atoms with van der Waals surface area (Å²) in [5.41, 5.74) is 14.3. The Bertz CT molecular complexity index is 3420. The van der Waals surface area contributed by atoms with Crippen LogP contribution in [0.2, 0.25) is 0 Å². The fraction of sp³-hybridized carbons (Fsp3) is 0.0685. The highest BCUT2D eigenvalue weighted by atomic mass is 15.2. The van der Waals surface area contributed by atoms with Crippen molar-refractivity contribution in [3.8, 4) is 0 Å². The lowest BCUT2D eigenvalue weighted by atomic mass is 10.0. The van der Waals surface area contributed by atoms with Crippen LogP contribution in [-0.4, -0.2) is 0 Å². The monoisotopic (exact) mass is 977 g/mol. The van der Waals surface area contributed by atoms with Crippen LogP contribution in [0.1, 0.15) is 37.5 Å². The van der Waals surface area contributed by atoms with Crippen molar-refractivity contribution >= 4 is 41.4 Å². The van der Waals surface area contributed by atoms with E-state index >= 15 is 0 Å². The van der Waals surface area contributed by atoms with Crippen molar-refractivity contribution in [1.82, 2.24) is 0 Å². The van der Waals surface area contributed by atoms with E-state index in [2.05, 4.69) is 254 Å². The van der Waals surface area contributed by atoms with Crippen molar-refractivity contribution in [3.63, 3.8) is 0 Å². The molecule has 0 fully saturated rings. The SMILES string of the molecule is C=C/C=C(C=C)/C(C)=C/C=C(\C=C)N(c1ccc(C/C=C\C(=C/C=C)N(/C(C)=C/C=C(C=C)/C(C=C)=C/C=C)c2ccc(C/C=C\C=c3\ccccc3=C)cc2)cc1)c1ccc(/C(C=C)=c2\cccc\c2=C\C)cc1. The molecule has 2 heteroatoms. The number of hydrogen-bond acceptors (Lipinski definition) is 2. The van der Waals surface area contributed by atoms with Crippen molar-refractivity contribution in [2.75, 3.05) is 9.80 Å². The molecule has 0 N–H and O–H groups in total. The molecule has 5 aromatic rings. The van der Waals surface area contributed by atoms with Crippen molar-refractivity contribution in [3.05, 3.63) is 366 Å². The van der Waals surface area contributed by atoms with Gasteiger partial charge in [0.2, 0.25) is 0 Å². The van der Waals surface area contributed by atoms with E-state index in [0.29, 0.717) is 6.42 Å². The van der Waals surface area contributed by atoms with Crippen LogP contribution < -0.4 is 30.7 Å². The topological polar surface area (TPSA) is 6.48 Å². The summed E-state index contributed by atoms with van der Waals surface area (Å²) in [5.74, 6) is 0. The summed E-state index contributed by atoms with van der Waals surface area (Å²) in [6.45, 7) is 42.9. The number of benzene rings is 5. The van der Waals surface area contributed by atoms with Gasteiger partial charge in [0.05, 0.1) is 0 Å². The third kappa shape index (κ3) is 15.9. The second-order valence-corrected chi connectivity index (χ2v) is 17.4. The van der Waals surface area contributed by atoms with Crippen LogP contribution in [0.5, 0.6) is 0 Å². The molecule has 5 rings (SSSR count). The van der Waals surface area contributed by atoms with Crippen molar-refractivity contribution in [1.29, 1.82) is 0 Å². The molecular formula is C73H72N2. The molecular weight excluding hydrogens is 905 g/mol. The number of nitrogens with zero attached hydrogens (tertiary/aromatic N) is 2. The van der Waals surface area contributed by atoms with E-state index in [4.69, 9.17) is 0 Å². The van der Waals surface area contributed by atoms with E-state index in [-0.39, 0.29) is 0 Å². The normalized spacial score (nSPS) is 13.9. The molecule has 0 aromatic heterocycles. The van der Waals surface area contributed by atoms with Crippen LogP contribution in [0.3, 0.4) is 0 Å². The molecule has 0 saturated heterocycles. The molecule has 2 nitrogen and oxygen atoms in total. The smallest absolute Gasteiger partial charge is 0.0462 e. The van der Waals surface area contributed by atoms with Crippen molar-refractivity contribution < 1.29 is 0 Å². The van der Waals surface area contributed by atoms with Gasteiger partial charge >= 0.3 is 0 Å². The third-order valence-electron chi connectivity index (χ3n) is 12.5. The molecule has 0 unspecified atom stereocenters. The molecule has 0 saturated carbocycles. The lowest BCUT2D eigenvalue weighted by Crippen LogP contribution is -2.26. The number of hydrogen-bond donors (Lipinski definition) is 0. The van der Waals surface area contributed by atoms with Gasteiger partial charge < -0.3 is 9.80 Å². The van der Waals surface area contributed by atoms with Crippen molar-refractivity contribution in [2.45, 2.75) is 33.6 Å². The summed E-state index contributed by atoms with van der Waals surface area (Å²) in [5, 5.41) is 4.43. The molecule has 0 bridgehead atoms. The Morgan fingerprint density at radius 2 is 1.03 bits per heavy atom. The number of anilines is 3. The summed E-state index contributed by atoms with van der Waals surface area (Å²) < 4.78 is 0. The average Bonchev–Trinajstić information content (AvgIpc) is 3.44. The maximum absolute atomic E-state index is 4.28. The zero-order valence-electron chi connectivity index (χ0n) is 44.3. The highest BCUT2D eigenvalue weighted by molar-refractivity contribution is 5.77. The van der Waals surface area contributed by atoms with Crippen LogP contribution in [0.15, 0.2) is 329 Å². The van der Waals surface area contributed by atoms with E-state index in [1.54, 1.807) is 12.2 Å². The van der Waals surface area contributed by atoms with Crippen LogP contribution in [0.4, 0.5) is 17.1 Å². The molecule has 5 aromatic carbocycles. The molecule has 0 atom stereocenters. The van der Waals surface area contributed by atoms with Crippen LogP contribution >= 0.6 is 0 Å². The summed E-state index contributed by atoms with van der Waals surface area (Å²) in [7, 11) is 0. The molecule has 0 aliphatic heterocycles. The van der Waals surface area contributed by atoms with Gasteiger partial charge in [-0.1, -0.05) is 241 Å². The van der Waals surface area contributed by atoms with Crippen LogP contribution in [0.25, 0.3) is 24.3 Å². The standard InChI is InChI=1S/C73H72N2/c1-13-29-61(16-4)57(11)40-49-67(20-8)75(71-54-47-66(48-55-71)72(21-9)73-39-27-26-35-64(73)19-7)70-52-44-60(45-53-70)34-28-38-68(31-15-3)74(58(12)41-46-63(18-6)62(17-5)30-14-2)69-50-42-59(43-51-69)33-23-25-37-65-36-24-22-32-56(65)10/h13-32,35-55H,1-6,8-10,33-34H2,7,11-12H3/b25-23-,38-28-,57-40+,58-41+,61-29+,62-30+,63-46+,64-19-,65-37-,67-49+,68-31+,73-72+. The Hall–Kier alpha value is -9.24. The van der Waals surface area contributed by atoms with Gasteiger partial charge in [-0.3, -0.25) is 0 Å². The quantitative estimate of drug-likeness (QED) is 0.0538. The minimum atomic E-state index is 0.694. The molecule has 374 valence electrons. The lowest BCUT2D eigenvalue weighted by molar-refractivity contribution is 1.09. The Morgan fingerprint density at radius 3 is 1.60 bits per heavy atom. The van der Waals surface area contributed by atoms with Crippen LogP contribution in [0, 0.1) is 0 Å². The van der Waals surface area contributed by atoms with Crippen molar-refractivity contribution in [2.24, 2.45) is 0 Å². The van der Waals surface area contributed by atoms with Gasteiger partial charge in [0, 0.05) is 34.2 Å². The summed E-state index contributed by atoms with van der Waals surface area (Å²) in [6.07, 6.45) is 43.3. The first kappa shape index (κ1) is 56.7. The number of rotatable bonds is 25. The van der Waals surface area contributed by atoms with Gasteiger partial charge in [0.1, 0.15) is 0 Å². The van der Waals surface area contributed by atoms with E-state index < -0.39 is 0 Å². The van der Waals surface area contributed by atoms with Gasteiger partial charge in [-0.2, -0.15) is 0 Å². The largest absolute Gasteiger partial charge is 0.315 e. The zero-order chi connectivity index (χ0) is 54.0. The summed E-state index contributed by atoms with van der Waals surface area (Å²) in [6, 6.07) is 42.6. The van der Waals surface area contributed by atoms with E-state index in [9.17, 15) is 0 Å². The van der Waals surface area contributed by atoms with E-state index in [1.165, 1.54) is 5.56 Å². The summed E-state index contributed by atoms with van der Waals surface area (Å²) in [4.78, 5) is 4.47. The van der Waals surface area contributed by atoms with Gasteiger partial charge in [-0.05, 0) is 166 Å². The fourth-order valence-corrected chi connectivity index (χ4v) is 8.45. The minimum absolute atomic E-state index is 0.694. The highest BCUT2D eigenvalue weighted by Gasteiger charge is 2.15. The molecule has 75 heavy (non-hydrogen) atoms. The molecule has 0 aliphatic rings. The Balaban J connectivity index is 1.52. The first-order chi connectivity index (χ1) is 36.6. The number of allylic oxidation sites excluding steroid dienone is 24. The van der Waals surface area contributed by atoms with Gasteiger partial charge in [-0.15, -0.1) is 0 Å². The second kappa shape index (κ2) is 29.9. The third-order valence-corrected chi connectivity index (χ3v) is 12.5. The van der Waals surface area contributed by atoms with E-state index in [0.717, 1.165) is 100 Å². The molecule has 0 heterocycles. The minimum Gasteiger partial charge on any atom is -0.315 e. The Labute approximate surface area is 448 Å². The molecule has 0 spiro atoms. The van der Waals surface area contributed by atoms with Gasteiger partial charge in [0.25, 0.3) is 0 Å². The molecule has 0 amide bonds. The zero-order valence-corrected chi connectivity index (χ0v) is 44.3. The van der Waals surface area contributed by atoms with Crippen LogP contribution in [-0.2, 0) is 12.8 Å². The predicted octanol–water partition coefficient (Wildman–Crippen LogP) is 16.3. The Kier molecular flexibility index (Phi) is 22.6. The maximum Gasteiger partial charge on any atom is 0.0462 e. The average molecular weight is 977 g/mol. The predicted molar refractivity (Wildman–Crippen MR) is 333 cm³/mol. The lowest BCUT2D eigenvalue weighted by Gasteiger charge is -2.27. The van der Waals surface area contributed by atoms with Gasteiger partial charge in [0.15, 0.2) is 0 Å². The van der Waals surface area contributed by atoms with Gasteiger partial charge in [-0.25, -0.2) is 0 Å². The highest BCUT2D eigenvalue weighted by Crippen LogP contribution is 2.33.